The summed E-state index contributed by atoms with van der Waals surface area (Å²) in [6.45, 7) is 1.76. The molecule has 0 amide bonds. The first-order chi connectivity index (χ1) is 22.1. The number of hydrogen-bond donors (Lipinski definition) is 3. The van der Waals surface area contributed by atoms with Crippen molar-refractivity contribution in [2.24, 2.45) is 11.7 Å². The highest BCUT2D eigenvalue weighted by Crippen LogP contribution is 2.43. The normalized spacial score (nSPS) is 13.5. The third kappa shape index (κ3) is 30.7. The molecule has 0 spiro atoms. The molecule has 11 nitrogen and oxygen atoms in total. The Bertz CT molecular complexity index is 895. The summed E-state index contributed by atoms with van der Waals surface area (Å²) in [5, 5.41) is 8.55. The summed E-state index contributed by atoms with van der Waals surface area (Å²) >= 11 is 0. The minimum atomic E-state index is -4.34. The van der Waals surface area contributed by atoms with Gasteiger partial charge in [0.15, 0.2) is 5.78 Å². The van der Waals surface area contributed by atoms with E-state index < -0.39 is 19.7 Å². The molecule has 0 saturated carbocycles. The highest BCUT2D eigenvalue weighted by molar-refractivity contribution is 7.47. The number of carboxylic acids is 1. The van der Waals surface area contributed by atoms with Gasteiger partial charge in [-0.3, -0.25) is 23.4 Å². The fourth-order valence-electron chi connectivity index (χ4n) is 4.96. The number of rotatable bonds is 34. The van der Waals surface area contributed by atoms with E-state index in [1.807, 2.05) is 0 Å². The van der Waals surface area contributed by atoms with Gasteiger partial charge >= 0.3 is 19.8 Å². The second-order valence-electron chi connectivity index (χ2n) is 12.1. The highest BCUT2D eigenvalue weighted by Gasteiger charge is 2.25. The molecule has 0 aliphatic carbocycles. The number of carbonyl (C=O) groups excluding carboxylic acids is 3. The van der Waals surface area contributed by atoms with Gasteiger partial charge in [0.25, 0.3) is 0 Å². The van der Waals surface area contributed by atoms with Crippen LogP contribution in [0.3, 0.4) is 0 Å². The summed E-state index contributed by atoms with van der Waals surface area (Å²) in [6, 6.07) is 0. The summed E-state index contributed by atoms with van der Waals surface area (Å²) < 4.78 is 27.3. The predicted octanol–water partition coefficient (Wildman–Crippen LogP) is 7.62. The van der Waals surface area contributed by atoms with Crippen LogP contribution in [0, 0.1) is 5.92 Å². The molecule has 0 heterocycles. The quantitative estimate of drug-likeness (QED) is 0.0264. The summed E-state index contributed by atoms with van der Waals surface area (Å²) in [7, 11) is -4.34. The number of carbonyl (C=O) groups is 4. The third-order valence-corrected chi connectivity index (χ3v) is 8.60. The molecule has 0 aliphatic rings. The van der Waals surface area contributed by atoms with Gasteiger partial charge in [-0.2, -0.15) is 0 Å². The lowest BCUT2D eigenvalue weighted by Gasteiger charge is -2.19. The number of esters is 1. The van der Waals surface area contributed by atoms with Gasteiger partial charge in [-0.1, -0.05) is 103 Å². The van der Waals surface area contributed by atoms with Crippen LogP contribution in [-0.4, -0.2) is 59.9 Å². The number of carboxylic acid groups (broad SMARTS) is 1. The molecule has 12 heteroatoms. The Balaban J connectivity index is 4.31. The maximum absolute atomic E-state index is 12.6. The monoisotopic (exact) mass is 675 g/mol. The first-order valence-electron chi connectivity index (χ1n) is 17.5. The van der Waals surface area contributed by atoms with Crippen molar-refractivity contribution in [2.75, 3.05) is 26.4 Å². The van der Waals surface area contributed by atoms with Crippen LogP contribution in [0.4, 0.5) is 0 Å². The molecule has 0 aromatic carbocycles. The first kappa shape index (κ1) is 44.1. The molecule has 0 rings (SSSR count). The molecule has 4 N–H and O–H groups in total. The molecule has 0 aromatic heterocycles. The maximum Gasteiger partial charge on any atom is 0.472 e. The Labute approximate surface area is 277 Å². The van der Waals surface area contributed by atoms with Crippen LogP contribution in [0.1, 0.15) is 148 Å². The highest BCUT2D eigenvalue weighted by atomic mass is 31.2. The Kier molecular flexibility index (Phi) is 29.2. The molecule has 0 radical (unpaired) electrons. The minimum Gasteiger partial charge on any atom is -0.478 e. The number of Topliss-reactive ketones (excluding diaryl/α,β-unsaturated/α-hetero) is 1. The van der Waals surface area contributed by atoms with E-state index in [4.69, 9.17) is 24.6 Å². The molecule has 0 saturated heterocycles. The number of ketones is 2. The smallest absolute Gasteiger partial charge is 0.472 e. The zero-order chi connectivity index (χ0) is 34.3. The standard InChI is InChI=1S/C34H62NO10P/c1-2-3-4-5-6-7-8-9-10-11-12-16-19-22-34(40)43-28-30(29-45-46(41,42)44-26-25-35)27-32(37)21-18-15-13-14-17-20-31(36)23-24-33(38)39/h23-24,30H,2-22,25-29,35H2,1H3,(H,38,39)(H,41,42)/b24-23+/t30-/m1/s1. The molecular formula is C34H62NO10P. The fraction of sp³-hybridized carbons (Fsp3) is 0.824. The molecule has 46 heavy (non-hydrogen) atoms. The number of phosphoric ester groups is 1. The molecule has 268 valence electrons. The van der Waals surface area contributed by atoms with Gasteiger partial charge in [0.05, 0.1) is 19.8 Å². The molecule has 0 aromatic rings. The van der Waals surface area contributed by atoms with Gasteiger partial charge in [-0.15, -0.1) is 0 Å². The van der Waals surface area contributed by atoms with Crippen LogP contribution in [0.2, 0.25) is 0 Å². The topological polar surface area (TPSA) is 180 Å². The van der Waals surface area contributed by atoms with Crippen molar-refractivity contribution in [3.05, 3.63) is 12.2 Å². The largest absolute Gasteiger partial charge is 0.478 e. The molecule has 0 aliphatic heterocycles. The van der Waals surface area contributed by atoms with Crippen molar-refractivity contribution in [3.63, 3.8) is 0 Å². The zero-order valence-corrected chi connectivity index (χ0v) is 29.2. The zero-order valence-electron chi connectivity index (χ0n) is 28.3. The van der Waals surface area contributed by atoms with E-state index in [-0.39, 0.29) is 56.7 Å². The van der Waals surface area contributed by atoms with Crippen molar-refractivity contribution in [1.82, 2.24) is 0 Å². The van der Waals surface area contributed by atoms with Gasteiger partial charge in [0, 0.05) is 44.2 Å². The Morgan fingerprint density at radius 2 is 1.20 bits per heavy atom. The van der Waals surface area contributed by atoms with E-state index in [0.29, 0.717) is 25.7 Å². The third-order valence-electron chi connectivity index (χ3n) is 7.62. The average molecular weight is 676 g/mol. The SMILES string of the molecule is CCCCCCCCCCCCCCCC(=O)OC[C@H](COP(=O)(O)OCCN)CC(=O)CCCCCCCC(=O)/C=C/C(=O)O. The summed E-state index contributed by atoms with van der Waals surface area (Å²) in [4.78, 5) is 56.8. The maximum atomic E-state index is 12.6. The number of aliphatic carboxylic acids is 1. The number of hydrogen-bond acceptors (Lipinski definition) is 9. The van der Waals surface area contributed by atoms with Crippen molar-refractivity contribution in [2.45, 2.75) is 148 Å². The van der Waals surface area contributed by atoms with E-state index in [1.54, 1.807) is 0 Å². The molecule has 2 atom stereocenters. The first-order valence-corrected chi connectivity index (χ1v) is 19.0. The lowest BCUT2D eigenvalue weighted by Crippen LogP contribution is -2.22. The average Bonchev–Trinajstić information content (AvgIpc) is 3.02. The van der Waals surface area contributed by atoms with Gasteiger partial charge < -0.3 is 20.5 Å². The summed E-state index contributed by atoms with van der Waals surface area (Å²) in [5.74, 6) is -2.39. The van der Waals surface area contributed by atoms with E-state index >= 15 is 0 Å². The number of unbranched alkanes of at least 4 members (excludes halogenated alkanes) is 16. The predicted molar refractivity (Wildman–Crippen MR) is 179 cm³/mol. The molecule has 0 fully saturated rings. The van der Waals surface area contributed by atoms with Crippen LogP contribution in [0.5, 0.6) is 0 Å². The second kappa shape index (κ2) is 30.4. The van der Waals surface area contributed by atoms with Crippen molar-refractivity contribution < 1.29 is 47.5 Å². The van der Waals surface area contributed by atoms with Crippen LogP contribution < -0.4 is 5.73 Å². The summed E-state index contributed by atoms with van der Waals surface area (Å²) in [6.07, 6.45) is 22.3. The van der Waals surface area contributed by atoms with Crippen LogP contribution >= 0.6 is 7.82 Å². The Morgan fingerprint density at radius 1 is 0.696 bits per heavy atom. The Hall–Kier alpha value is -1.91. The van der Waals surface area contributed by atoms with Crippen molar-refractivity contribution >= 4 is 31.3 Å². The number of ether oxygens (including phenoxy) is 1. The lowest BCUT2D eigenvalue weighted by molar-refractivity contribution is -0.146. The Morgan fingerprint density at radius 3 is 1.72 bits per heavy atom. The van der Waals surface area contributed by atoms with E-state index in [9.17, 15) is 28.6 Å². The van der Waals surface area contributed by atoms with Crippen molar-refractivity contribution in [3.8, 4) is 0 Å². The molecular weight excluding hydrogens is 613 g/mol. The second-order valence-corrected chi connectivity index (χ2v) is 13.5. The van der Waals surface area contributed by atoms with E-state index in [1.165, 1.54) is 64.2 Å². The molecule has 1 unspecified atom stereocenters. The van der Waals surface area contributed by atoms with Crippen molar-refractivity contribution in [1.29, 1.82) is 0 Å². The number of allylic oxidation sites excluding steroid dienone is 1. The molecule has 0 bridgehead atoms. The minimum absolute atomic E-state index is 0.0350. The summed E-state index contributed by atoms with van der Waals surface area (Å²) in [5.41, 5.74) is 5.31. The van der Waals surface area contributed by atoms with E-state index in [0.717, 1.165) is 50.7 Å². The van der Waals surface area contributed by atoms with Gasteiger partial charge in [-0.05, 0) is 25.3 Å². The van der Waals surface area contributed by atoms with Gasteiger partial charge in [0.1, 0.15) is 5.78 Å². The number of phosphoric acid groups is 1. The van der Waals surface area contributed by atoms with Crippen LogP contribution in [0.15, 0.2) is 12.2 Å². The van der Waals surface area contributed by atoms with E-state index in [2.05, 4.69) is 6.92 Å². The van der Waals surface area contributed by atoms with Crippen LogP contribution in [-0.2, 0) is 37.5 Å². The number of nitrogens with two attached hydrogens (primary N) is 1. The van der Waals surface area contributed by atoms with Gasteiger partial charge in [-0.25, -0.2) is 9.36 Å². The fourth-order valence-corrected chi connectivity index (χ4v) is 5.77. The van der Waals surface area contributed by atoms with Gasteiger partial charge in [0.2, 0.25) is 0 Å². The van der Waals surface area contributed by atoms with Crippen LogP contribution in [0.25, 0.3) is 0 Å². The lowest BCUT2D eigenvalue weighted by atomic mass is 10.00.